The summed E-state index contributed by atoms with van der Waals surface area (Å²) in [4.78, 5) is 0. The molecule has 0 amide bonds. The summed E-state index contributed by atoms with van der Waals surface area (Å²) in [5, 5.41) is 3.62. The summed E-state index contributed by atoms with van der Waals surface area (Å²) in [5.74, 6) is 1.56. The van der Waals surface area contributed by atoms with E-state index in [-0.39, 0.29) is 0 Å². The van der Waals surface area contributed by atoms with E-state index < -0.39 is 0 Å². The molecule has 1 aliphatic heterocycles. The summed E-state index contributed by atoms with van der Waals surface area (Å²) in [7, 11) is 1.73. The first-order chi connectivity index (χ1) is 8.29. The van der Waals surface area contributed by atoms with Crippen molar-refractivity contribution in [2.45, 2.75) is 44.6 Å². The molecule has 1 fully saturated rings. The lowest BCUT2D eigenvalue weighted by molar-refractivity contribution is 0.365. The lowest BCUT2D eigenvalue weighted by Gasteiger charge is -2.26. The van der Waals surface area contributed by atoms with Crippen LogP contribution in [-0.4, -0.2) is 19.7 Å². The Kier molecular flexibility index (Phi) is 4.43. The lowest BCUT2D eigenvalue weighted by atomic mass is 9.90. The summed E-state index contributed by atoms with van der Waals surface area (Å²) < 4.78 is 5.28. The van der Waals surface area contributed by atoms with Gasteiger partial charge in [-0.1, -0.05) is 25.5 Å². The van der Waals surface area contributed by atoms with Crippen LogP contribution >= 0.6 is 0 Å². The molecule has 2 heteroatoms. The Bertz CT molecular complexity index is 345. The van der Waals surface area contributed by atoms with Crippen LogP contribution in [-0.2, 0) is 0 Å². The summed E-state index contributed by atoms with van der Waals surface area (Å²) in [6.07, 6.45) is 5.27. The second kappa shape index (κ2) is 6.06. The Labute approximate surface area is 104 Å². The van der Waals surface area contributed by atoms with Gasteiger partial charge in [-0.25, -0.2) is 0 Å². The van der Waals surface area contributed by atoms with Crippen molar-refractivity contribution in [3.8, 4) is 5.75 Å². The van der Waals surface area contributed by atoms with Crippen molar-refractivity contribution in [3.63, 3.8) is 0 Å². The maximum Gasteiger partial charge on any atom is 0.119 e. The molecule has 0 radical (unpaired) electrons. The van der Waals surface area contributed by atoms with E-state index in [9.17, 15) is 0 Å². The van der Waals surface area contributed by atoms with Gasteiger partial charge in [0.15, 0.2) is 0 Å². The molecule has 1 heterocycles. The number of rotatable bonds is 4. The Hall–Kier alpha value is -1.02. The second-order valence-corrected chi connectivity index (χ2v) is 5.06. The average molecular weight is 233 g/mol. The molecule has 0 spiro atoms. The van der Waals surface area contributed by atoms with Crippen molar-refractivity contribution in [2.75, 3.05) is 13.7 Å². The van der Waals surface area contributed by atoms with Gasteiger partial charge in [-0.2, -0.15) is 0 Å². The lowest BCUT2D eigenvalue weighted by Crippen LogP contribution is -2.34. The summed E-state index contributed by atoms with van der Waals surface area (Å²) in [6.45, 7) is 3.50. The van der Waals surface area contributed by atoms with Crippen LogP contribution < -0.4 is 10.1 Å². The molecule has 0 aromatic heterocycles. The largest absolute Gasteiger partial charge is 0.497 e. The van der Waals surface area contributed by atoms with Gasteiger partial charge in [0.1, 0.15) is 5.75 Å². The molecule has 2 nitrogen and oxygen atoms in total. The molecule has 2 unspecified atom stereocenters. The van der Waals surface area contributed by atoms with E-state index >= 15 is 0 Å². The van der Waals surface area contributed by atoms with Gasteiger partial charge in [0.05, 0.1) is 7.11 Å². The summed E-state index contributed by atoms with van der Waals surface area (Å²) in [5.41, 5.74) is 1.39. The molecule has 1 N–H and O–H groups in total. The molecular formula is C15H23NO. The van der Waals surface area contributed by atoms with Crippen molar-refractivity contribution in [1.29, 1.82) is 0 Å². The van der Waals surface area contributed by atoms with Crippen LogP contribution in [0.1, 0.15) is 44.1 Å². The van der Waals surface area contributed by atoms with Crippen LogP contribution in [0.4, 0.5) is 0 Å². The highest BCUT2D eigenvalue weighted by molar-refractivity contribution is 5.30. The zero-order valence-corrected chi connectivity index (χ0v) is 10.9. The van der Waals surface area contributed by atoms with E-state index in [1.54, 1.807) is 7.11 Å². The number of hydrogen-bond donors (Lipinski definition) is 1. The van der Waals surface area contributed by atoms with Gasteiger partial charge in [-0.3, -0.25) is 0 Å². The van der Waals surface area contributed by atoms with Crippen molar-refractivity contribution < 1.29 is 4.74 Å². The van der Waals surface area contributed by atoms with E-state index in [0.717, 1.165) is 5.75 Å². The molecule has 17 heavy (non-hydrogen) atoms. The maximum absolute atomic E-state index is 5.28. The van der Waals surface area contributed by atoms with Gasteiger partial charge in [0.25, 0.3) is 0 Å². The number of benzene rings is 1. The van der Waals surface area contributed by atoms with E-state index in [1.807, 2.05) is 6.07 Å². The average Bonchev–Trinajstić information content (AvgIpc) is 2.40. The number of nitrogens with one attached hydrogen (secondary N) is 1. The fraction of sp³-hybridized carbons (Fsp3) is 0.600. The molecule has 0 aliphatic carbocycles. The molecule has 1 aromatic carbocycles. The van der Waals surface area contributed by atoms with Gasteiger partial charge in [-0.15, -0.1) is 0 Å². The second-order valence-electron chi connectivity index (χ2n) is 5.06. The van der Waals surface area contributed by atoms with Crippen molar-refractivity contribution >= 4 is 0 Å². The highest BCUT2D eigenvalue weighted by Gasteiger charge is 2.16. The molecule has 2 rings (SSSR count). The fourth-order valence-electron chi connectivity index (χ4n) is 2.64. The number of methoxy groups -OCH3 is 1. The third-order valence-electron chi connectivity index (χ3n) is 3.71. The Morgan fingerprint density at radius 2 is 2.29 bits per heavy atom. The monoisotopic (exact) mass is 233 g/mol. The number of ether oxygens (including phenoxy) is 1. The molecular weight excluding hydrogens is 210 g/mol. The van der Waals surface area contributed by atoms with Crippen molar-refractivity contribution in [2.24, 2.45) is 0 Å². The highest BCUT2D eigenvalue weighted by atomic mass is 16.5. The first kappa shape index (κ1) is 12.4. The van der Waals surface area contributed by atoms with Gasteiger partial charge < -0.3 is 10.1 Å². The van der Waals surface area contributed by atoms with Crippen LogP contribution in [0.2, 0.25) is 0 Å². The summed E-state index contributed by atoms with van der Waals surface area (Å²) >= 11 is 0. The van der Waals surface area contributed by atoms with Crippen LogP contribution in [0.25, 0.3) is 0 Å². The Balaban J connectivity index is 1.95. The maximum atomic E-state index is 5.28. The summed E-state index contributed by atoms with van der Waals surface area (Å²) in [6, 6.07) is 9.15. The number of piperidine rings is 1. The fourth-order valence-corrected chi connectivity index (χ4v) is 2.64. The number of hydrogen-bond acceptors (Lipinski definition) is 2. The van der Waals surface area contributed by atoms with Crippen LogP contribution in [0.3, 0.4) is 0 Å². The van der Waals surface area contributed by atoms with E-state index in [0.29, 0.717) is 12.0 Å². The van der Waals surface area contributed by atoms with Gasteiger partial charge in [0.2, 0.25) is 0 Å². The Morgan fingerprint density at radius 3 is 3.00 bits per heavy atom. The van der Waals surface area contributed by atoms with Crippen molar-refractivity contribution in [1.82, 2.24) is 5.32 Å². The minimum absolute atomic E-state index is 0.598. The molecule has 1 aromatic rings. The van der Waals surface area contributed by atoms with Crippen molar-refractivity contribution in [3.05, 3.63) is 29.8 Å². The zero-order chi connectivity index (χ0) is 12.1. The normalized spacial score (nSPS) is 22.1. The van der Waals surface area contributed by atoms with Crippen LogP contribution in [0.5, 0.6) is 5.75 Å². The highest BCUT2D eigenvalue weighted by Crippen LogP contribution is 2.26. The predicted molar refractivity (Wildman–Crippen MR) is 71.7 cm³/mol. The third kappa shape index (κ3) is 3.47. The molecule has 2 atom stereocenters. The van der Waals surface area contributed by atoms with Gasteiger partial charge in [0, 0.05) is 6.04 Å². The first-order valence-electron chi connectivity index (χ1n) is 6.67. The standard InChI is InChI=1S/C15H23NO/c1-12(10-14-7-3-4-9-16-14)13-6-5-8-15(11-13)17-2/h5-6,8,11-12,14,16H,3-4,7,9-10H2,1-2H3. The molecule has 94 valence electrons. The molecule has 0 bridgehead atoms. The molecule has 0 saturated carbocycles. The third-order valence-corrected chi connectivity index (χ3v) is 3.71. The minimum Gasteiger partial charge on any atom is -0.497 e. The molecule has 1 saturated heterocycles. The quantitative estimate of drug-likeness (QED) is 0.861. The zero-order valence-electron chi connectivity index (χ0n) is 10.9. The smallest absolute Gasteiger partial charge is 0.119 e. The topological polar surface area (TPSA) is 21.3 Å². The Morgan fingerprint density at radius 1 is 1.41 bits per heavy atom. The predicted octanol–water partition coefficient (Wildman–Crippen LogP) is 3.33. The SMILES string of the molecule is COc1cccc(C(C)CC2CCCCN2)c1. The minimum atomic E-state index is 0.598. The van der Waals surface area contributed by atoms with Crippen LogP contribution in [0.15, 0.2) is 24.3 Å². The van der Waals surface area contributed by atoms with E-state index in [2.05, 4.69) is 30.4 Å². The van der Waals surface area contributed by atoms with E-state index in [4.69, 9.17) is 4.74 Å². The van der Waals surface area contributed by atoms with Gasteiger partial charge in [-0.05, 0) is 49.4 Å². The van der Waals surface area contributed by atoms with Crippen LogP contribution in [0, 0.1) is 0 Å². The molecule has 1 aliphatic rings. The van der Waals surface area contributed by atoms with Gasteiger partial charge >= 0.3 is 0 Å². The first-order valence-corrected chi connectivity index (χ1v) is 6.67. The van der Waals surface area contributed by atoms with E-state index in [1.165, 1.54) is 37.8 Å².